The summed E-state index contributed by atoms with van der Waals surface area (Å²) in [4.78, 5) is 24.2. The Labute approximate surface area is 157 Å². The van der Waals surface area contributed by atoms with Gasteiger partial charge in [-0.2, -0.15) is 0 Å². The molecule has 0 spiro atoms. The van der Waals surface area contributed by atoms with Crippen molar-refractivity contribution < 1.29 is 24.2 Å². The Hall–Kier alpha value is -3.32. The number of amides is 1. The van der Waals surface area contributed by atoms with Crippen LogP contribution in [0.15, 0.2) is 66.4 Å². The highest BCUT2D eigenvalue weighted by molar-refractivity contribution is 6.02. The van der Waals surface area contributed by atoms with Gasteiger partial charge in [0.25, 0.3) is 5.91 Å². The molecule has 0 heterocycles. The van der Waals surface area contributed by atoms with Gasteiger partial charge in [-0.3, -0.25) is 4.79 Å². The van der Waals surface area contributed by atoms with Crippen molar-refractivity contribution in [2.75, 3.05) is 25.6 Å². The van der Waals surface area contributed by atoms with Gasteiger partial charge in [0.15, 0.2) is 0 Å². The molecule has 142 valence electrons. The van der Waals surface area contributed by atoms with Crippen LogP contribution in [0, 0.1) is 0 Å². The topological polar surface area (TPSA) is 96.9 Å². The Bertz CT molecular complexity index is 790. The van der Waals surface area contributed by atoms with E-state index in [1.54, 1.807) is 24.3 Å². The Morgan fingerprint density at radius 2 is 1.78 bits per heavy atom. The molecule has 0 radical (unpaired) electrons. The van der Waals surface area contributed by atoms with Gasteiger partial charge in [0.2, 0.25) is 0 Å². The fraction of sp³-hybridized carbons (Fsp3) is 0.200. The molecule has 0 unspecified atom stereocenters. The lowest BCUT2D eigenvalue weighted by Crippen LogP contribution is -2.28. The highest BCUT2D eigenvalue weighted by Crippen LogP contribution is 2.25. The summed E-state index contributed by atoms with van der Waals surface area (Å²) in [5.74, 6) is -0.694. The maximum Gasteiger partial charge on any atom is 0.332 e. The number of benzene rings is 2. The van der Waals surface area contributed by atoms with Gasteiger partial charge in [0, 0.05) is 6.54 Å². The molecular formula is C20H22N2O5. The Morgan fingerprint density at radius 1 is 1.07 bits per heavy atom. The molecule has 1 amide bonds. The molecule has 0 saturated heterocycles. The zero-order valence-electron chi connectivity index (χ0n) is 15.0. The summed E-state index contributed by atoms with van der Waals surface area (Å²) in [5, 5.41) is 14.6. The number of methoxy groups -OCH3 is 1. The third-order valence-electron chi connectivity index (χ3n) is 3.51. The van der Waals surface area contributed by atoms with Gasteiger partial charge in [-0.15, -0.1) is 0 Å². The molecular weight excluding hydrogens is 348 g/mol. The van der Waals surface area contributed by atoms with Crippen molar-refractivity contribution in [2.24, 2.45) is 0 Å². The number of nitrogens with one attached hydrogen (secondary N) is 2. The van der Waals surface area contributed by atoms with Crippen molar-refractivity contribution in [1.29, 1.82) is 0 Å². The second kappa shape index (κ2) is 10.6. The molecule has 0 aliphatic rings. The fourth-order valence-corrected chi connectivity index (χ4v) is 2.21. The number of anilines is 1. The lowest BCUT2D eigenvalue weighted by Gasteiger charge is -2.15. The number of hydrogen-bond donors (Lipinski definition) is 3. The summed E-state index contributed by atoms with van der Waals surface area (Å²) in [6.07, 6.45) is 1.07. The Morgan fingerprint density at radius 3 is 2.48 bits per heavy atom. The number of carbonyl (C=O) groups excluding carboxylic acids is 2. The predicted molar refractivity (Wildman–Crippen MR) is 101 cm³/mol. The fourth-order valence-electron chi connectivity index (χ4n) is 2.21. The lowest BCUT2D eigenvalue weighted by molar-refractivity contribution is -0.135. The summed E-state index contributed by atoms with van der Waals surface area (Å²) in [6, 6.07) is 16.3. The number of ether oxygens (including phenoxy) is 2. The van der Waals surface area contributed by atoms with Crippen LogP contribution in [0.3, 0.4) is 0 Å². The summed E-state index contributed by atoms with van der Waals surface area (Å²) in [7, 11) is 1.23. The van der Waals surface area contributed by atoms with Gasteiger partial charge < -0.3 is 25.2 Å². The van der Waals surface area contributed by atoms with Gasteiger partial charge in [-0.25, -0.2) is 4.79 Å². The first-order valence-corrected chi connectivity index (χ1v) is 8.35. The van der Waals surface area contributed by atoms with Crippen LogP contribution in [0.2, 0.25) is 0 Å². The third-order valence-corrected chi connectivity index (χ3v) is 3.51. The van der Waals surface area contributed by atoms with E-state index in [1.165, 1.54) is 7.11 Å². The predicted octanol–water partition coefficient (Wildman–Crippen LogP) is 1.84. The van der Waals surface area contributed by atoms with E-state index >= 15 is 0 Å². The van der Waals surface area contributed by atoms with Gasteiger partial charge in [-0.05, 0) is 17.7 Å². The molecule has 27 heavy (non-hydrogen) atoms. The third kappa shape index (κ3) is 6.48. The van der Waals surface area contributed by atoms with E-state index in [-0.39, 0.29) is 18.9 Å². The van der Waals surface area contributed by atoms with Crippen LogP contribution in [-0.4, -0.2) is 37.3 Å². The zero-order valence-corrected chi connectivity index (χ0v) is 15.0. The first kappa shape index (κ1) is 20.0. The van der Waals surface area contributed by atoms with Crippen LogP contribution in [0.5, 0.6) is 5.75 Å². The Kier molecular flexibility index (Phi) is 7.87. The lowest BCUT2D eigenvalue weighted by atomic mass is 10.2. The number of hydrogen-bond acceptors (Lipinski definition) is 6. The molecule has 0 fully saturated rings. The summed E-state index contributed by atoms with van der Waals surface area (Å²) in [5.41, 5.74) is 1.42. The average Bonchev–Trinajstić information content (AvgIpc) is 2.71. The average molecular weight is 370 g/mol. The quantitative estimate of drug-likeness (QED) is 0.460. The largest absolute Gasteiger partial charge is 0.489 e. The van der Waals surface area contributed by atoms with E-state index in [4.69, 9.17) is 9.84 Å². The second-order valence-electron chi connectivity index (χ2n) is 5.44. The summed E-state index contributed by atoms with van der Waals surface area (Å²) in [6.45, 7) is 0.272. The van der Waals surface area contributed by atoms with E-state index in [0.29, 0.717) is 18.0 Å². The molecule has 0 atom stereocenters. The van der Waals surface area contributed by atoms with Gasteiger partial charge in [0.05, 0.1) is 25.5 Å². The van der Waals surface area contributed by atoms with E-state index in [9.17, 15) is 9.59 Å². The molecule has 0 bridgehead atoms. The van der Waals surface area contributed by atoms with E-state index < -0.39 is 11.9 Å². The molecule has 7 heteroatoms. The number of aliphatic hydroxyl groups excluding tert-OH is 1. The van der Waals surface area contributed by atoms with Crippen LogP contribution in [0.25, 0.3) is 0 Å². The van der Waals surface area contributed by atoms with Gasteiger partial charge >= 0.3 is 5.97 Å². The van der Waals surface area contributed by atoms with E-state index in [2.05, 4.69) is 15.4 Å². The number of rotatable bonds is 9. The zero-order chi connectivity index (χ0) is 19.5. The van der Waals surface area contributed by atoms with Crippen molar-refractivity contribution in [3.63, 3.8) is 0 Å². The van der Waals surface area contributed by atoms with Crippen LogP contribution >= 0.6 is 0 Å². The highest BCUT2D eigenvalue weighted by Gasteiger charge is 2.14. The monoisotopic (exact) mass is 370 g/mol. The molecule has 7 nitrogen and oxygen atoms in total. The van der Waals surface area contributed by atoms with Crippen molar-refractivity contribution in [2.45, 2.75) is 6.54 Å². The molecule has 2 rings (SSSR count). The molecule has 0 aliphatic heterocycles. The van der Waals surface area contributed by atoms with Crippen LogP contribution < -0.4 is 15.4 Å². The highest BCUT2D eigenvalue weighted by atomic mass is 16.5. The van der Waals surface area contributed by atoms with Crippen LogP contribution in [-0.2, 0) is 20.9 Å². The van der Waals surface area contributed by atoms with Crippen LogP contribution in [0.4, 0.5) is 5.69 Å². The van der Waals surface area contributed by atoms with E-state index in [1.807, 2.05) is 30.3 Å². The minimum Gasteiger partial charge on any atom is -0.489 e. The summed E-state index contributed by atoms with van der Waals surface area (Å²) >= 11 is 0. The van der Waals surface area contributed by atoms with Crippen molar-refractivity contribution in [3.8, 4) is 5.75 Å². The van der Waals surface area contributed by atoms with Crippen molar-refractivity contribution in [3.05, 3.63) is 71.9 Å². The Balaban J connectivity index is 2.16. The van der Waals surface area contributed by atoms with Crippen molar-refractivity contribution >= 4 is 17.6 Å². The first-order valence-electron chi connectivity index (χ1n) is 8.35. The smallest absolute Gasteiger partial charge is 0.332 e. The van der Waals surface area contributed by atoms with Crippen LogP contribution in [0.1, 0.15) is 5.56 Å². The van der Waals surface area contributed by atoms with Crippen molar-refractivity contribution in [1.82, 2.24) is 5.32 Å². The molecule has 2 aromatic carbocycles. The molecule has 0 aliphatic carbocycles. The minimum absolute atomic E-state index is 0.0119. The van der Waals surface area contributed by atoms with E-state index in [0.717, 1.165) is 11.6 Å². The first-order chi connectivity index (χ1) is 13.1. The van der Waals surface area contributed by atoms with Gasteiger partial charge in [0.1, 0.15) is 18.1 Å². The van der Waals surface area contributed by atoms with Gasteiger partial charge in [-0.1, -0.05) is 42.5 Å². The molecule has 2 aromatic rings. The summed E-state index contributed by atoms with van der Waals surface area (Å²) < 4.78 is 10.1. The maximum atomic E-state index is 12.6. The number of esters is 1. The molecule has 3 N–H and O–H groups in total. The molecule has 0 aromatic heterocycles. The SMILES string of the molecule is COC(=O)C=C(Nc1ccccc1OCCO)C(=O)NCc1ccccc1. The maximum absolute atomic E-state index is 12.6. The number of para-hydroxylation sites is 2. The number of carbonyl (C=O) groups is 2. The molecule has 0 saturated carbocycles. The minimum atomic E-state index is -0.666. The second-order valence-corrected chi connectivity index (χ2v) is 5.44. The normalized spacial score (nSPS) is 10.8. The number of aliphatic hydroxyl groups is 1. The standard InChI is InChI=1S/C20H22N2O5/c1-26-19(24)13-17(20(25)21-14-15-7-3-2-4-8-15)22-16-9-5-6-10-18(16)27-12-11-23/h2-10,13,22-23H,11-12,14H2,1H3,(H,21,25).